The fourth-order valence-electron chi connectivity index (χ4n) is 3.33. The molecular formula is C20H23ClN2O2. The standard InChI is InChI=1S/C20H23ClN2O2/c21-18-7-2-1-6-17(18)19-8-4-14-23(19)20(25)22-13-3-5-15-9-11-16(24)12-10-15/h1-2,6-7,9-12,19,24H,3-5,8,13-14H2,(H,22,25). The molecule has 1 atom stereocenters. The number of carbonyl (C=O) groups excluding carboxylic acids is 1. The largest absolute Gasteiger partial charge is 0.508 e. The number of halogens is 1. The van der Waals surface area contributed by atoms with Crippen LogP contribution in [-0.4, -0.2) is 29.1 Å². The highest BCUT2D eigenvalue weighted by Gasteiger charge is 2.30. The molecule has 3 rings (SSSR count). The summed E-state index contributed by atoms with van der Waals surface area (Å²) in [6.07, 6.45) is 3.68. The Labute approximate surface area is 153 Å². The van der Waals surface area contributed by atoms with Crippen molar-refractivity contribution >= 4 is 17.6 Å². The SMILES string of the molecule is O=C(NCCCc1ccc(O)cc1)N1CCCC1c1ccccc1Cl. The van der Waals surface area contributed by atoms with Crippen molar-refractivity contribution in [3.63, 3.8) is 0 Å². The summed E-state index contributed by atoms with van der Waals surface area (Å²) >= 11 is 6.30. The van der Waals surface area contributed by atoms with E-state index in [1.165, 1.54) is 0 Å². The summed E-state index contributed by atoms with van der Waals surface area (Å²) in [6.45, 7) is 1.39. The topological polar surface area (TPSA) is 52.6 Å². The number of rotatable bonds is 5. The van der Waals surface area contributed by atoms with Crippen molar-refractivity contribution in [1.29, 1.82) is 0 Å². The number of phenolic OH excluding ortho intramolecular Hbond substituents is 1. The lowest BCUT2D eigenvalue weighted by Gasteiger charge is -2.26. The number of amides is 2. The zero-order valence-electron chi connectivity index (χ0n) is 14.1. The molecule has 5 heteroatoms. The van der Waals surface area contributed by atoms with Gasteiger partial charge in [-0.3, -0.25) is 0 Å². The molecular weight excluding hydrogens is 336 g/mol. The third-order valence-corrected chi connectivity index (χ3v) is 4.98. The number of urea groups is 1. The van der Waals surface area contributed by atoms with E-state index in [1.807, 2.05) is 41.3 Å². The molecule has 4 nitrogen and oxygen atoms in total. The van der Waals surface area contributed by atoms with Gasteiger partial charge in [0.1, 0.15) is 5.75 Å². The average Bonchev–Trinajstić information content (AvgIpc) is 3.10. The lowest BCUT2D eigenvalue weighted by atomic mass is 10.0. The maximum Gasteiger partial charge on any atom is 0.317 e. The molecule has 25 heavy (non-hydrogen) atoms. The van der Waals surface area contributed by atoms with Gasteiger partial charge in [0.15, 0.2) is 0 Å². The van der Waals surface area contributed by atoms with Crippen LogP contribution in [0.5, 0.6) is 5.75 Å². The smallest absolute Gasteiger partial charge is 0.317 e. The van der Waals surface area contributed by atoms with Crippen molar-refractivity contribution in [3.05, 3.63) is 64.7 Å². The molecule has 132 valence electrons. The van der Waals surface area contributed by atoms with E-state index in [9.17, 15) is 9.90 Å². The first kappa shape index (κ1) is 17.6. The van der Waals surface area contributed by atoms with Gasteiger partial charge in [0.25, 0.3) is 0 Å². The van der Waals surface area contributed by atoms with E-state index in [4.69, 9.17) is 11.6 Å². The van der Waals surface area contributed by atoms with Crippen LogP contribution in [-0.2, 0) is 6.42 Å². The molecule has 1 aliphatic rings. The predicted molar refractivity (Wildman–Crippen MR) is 100.0 cm³/mol. The van der Waals surface area contributed by atoms with Crippen LogP contribution in [0.2, 0.25) is 5.02 Å². The van der Waals surface area contributed by atoms with Gasteiger partial charge in [-0.25, -0.2) is 4.79 Å². The second kappa shape index (κ2) is 8.26. The number of hydrogen-bond acceptors (Lipinski definition) is 2. The zero-order chi connectivity index (χ0) is 17.6. The van der Waals surface area contributed by atoms with Crippen LogP contribution in [0, 0.1) is 0 Å². The number of hydrogen-bond donors (Lipinski definition) is 2. The third-order valence-electron chi connectivity index (χ3n) is 4.63. The summed E-state index contributed by atoms with van der Waals surface area (Å²) in [4.78, 5) is 14.4. The molecule has 2 aromatic rings. The minimum atomic E-state index is -0.0203. The molecule has 2 aromatic carbocycles. The number of aryl methyl sites for hydroxylation is 1. The number of carbonyl (C=O) groups is 1. The van der Waals surface area contributed by atoms with Gasteiger partial charge in [-0.15, -0.1) is 0 Å². The van der Waals surface area contributed by atoms with Crippen LogP contribution in [0.4, 0.5) is 4.79 Å². The zero-order valence-corrected chi connectivity index (χ0v) is 14.9. The minimum Gasteiger partial charge on any atom is -0.508 e. The number of benzene rings is 2. The molecule has 0 radical (unpaired) electrons. The molecule has 1 fully saturated rings. The molecule has 0 bridgehead atoms. The number of aromatic hydroxyl groups is 1. The normalized spacial score (nSPS) is 16.8. The maximum absolute atomic E-state index is 12.5. The molecule has 1 heterocycles. The van der Waals surface area contributed by atoms with Crippen LogP contribution in [0.3, 0.4) is 0 Å². The van der Waals surface area contributed by atoms with Crippen molar-refractivity contribution < 1.29 is 9.90 Å². The second-order valence-electron chi connectivity index (χ2n) is 6.37. The minimum absolute atomic E-state index is 0.0203. The molecule has 2 N–H and O–H groups in total. The van der Waals surface area contributed by atoms with Crippen LogP contribution in [0.25, 0.3) is 0 Å². The third kappa shape index (κ3) is 4.45. The summed E-state index contributed by atoms with van der Waals surface area (Å²) < 4.78 is 0. The molecule has 1 saturated heterocycles. The van der Waals surface area contributed by atoms with Crippen molar-refractivity contribution in [2.45, 2.75) is 31.7 Å². The molecule has 1 unspecified atom stereocenters. The number of phenols is 1. The summed E-state index contributed by atoms with van der Waals surface area (Å²) in [5.41, 5.74) is 2.18. The fraction of sp³-hybridized carbons (Fsp3) is 0.350. The van der Waals surface area contributed by atoms with Gasteiger partial charge >= 0.3 is 6.03 Å². The molecule has 0 spiro atoms. The van der Waals surface area contributed by atoms with Gasteiger partial charge in [-0.1, -0.05) is 41.9 Å². The van der Waals surface area contributed by atoms with E-state index >= 15 is 0 Å². The Kier molecular flexibility index (Phi) is 5.82. The van der Waals surface area contributed by atoms with Crippen LogP contribution < -0.4 is 5.32 Å². The Bertz CT molecular complexity index is 718. The summed E-state index contributed by atoms with van der Waals surface area (Å²) in [7, 11) is 0. The summed E-state index contributed by atoms with van der Waals surface area (Å²) in [6, 6.07) is 15.0. The van der Waals surface area contributed by atoms with Gasteiger partial charge in [-0.05, 0) is 55.0 Å². The first-order valence-electron chi connectivity index (χ1n) is 8.72. The second-order valence-corrected chi connectivity index (χ2v) is 6.78. The van der Waals surface area contributed by atoms with E-state index in [2.05, 4.69) is 5.32 Å². The van der Waals surface area contributed by atoms with Gasteiger partial charge < -0.3 is 15.3 Å². The Hall–Kier alpha value is -2.20. The van der Waals surface area contributed by atoms with Crippen molar-refractivity contribution in [2.24, 2.45) is 0 Å². The predicted octanol–water partition coefficient (Wildman–Crippen LogP) is 4.52. The van der Waals surface area contributed by atoms with Crippen molar-refractivity contribution in [1.82, 2.24) is 10.2 Å². The van der Waals surface area contributed by atoms with Crippen molar-refractivity contribution in [3.8, 4) is 5.75 Å². The lowest BCUT2D eigenvalue weighted by molar-refractivity contribution is 0.193. The molecule has 1 aliphatic heterocycles. The monoisotopic (exact) mass is 358 g/mol. The molecule has 0 saturated carbocycles. The highest BCUT2D eigenvalue weighted by Crippen LogP contribution is 2.35. The molecule has 2 amide bonds. The highest BCUT2D eigenvalue weighted by molar-refractivity contribution is 6.31. The first-order chi connectivity index (χ1) is 12.1. The van der Waals surface area contributed by atoms with Gasteiger partial charge in [-0.2, -0.15) is 0 Å². The summed E-state index contributed by atoms with van der Waals surface area (Å²) in [5.74, 6) is 0.275. The van der Waals surface area contributed by atoms with Gasteiger partial charge in [0.2, 0.25) is 0 Å². The van der Waals surface area contributed by atoms with Gasteiger partial charge in [0, 0.05) is 18.1 Å². The number of likely N-dealkylation sites (tertiary alicyclic amines) is 1. The van der Waals surface area contributed by atoms with Crippen LogP contribution in [0.15, 0.2) is 48.5 Å². The fourth-order valence-corrected chi connectivity index (χ4v) is 3.59. The van der Waals surface area contributed by atoms with E-state index in [0.29, 0.717) is 6.54 Å². The molecule has 0 aliphatic carbocycles. The van der Waals surface area contributed by atoms with Crippen LogP contribution >= 0.6 is 11.6 Å². The number of nitrogens with zero attached hydrogens (tertiary/aromatic N) is 1. The Morgan fingerprint density at radius 3 is 2.72 bits per heavy atom. The van der Waals surface area contributed by atoms with Crippen molar-refractivity contribution in [2.75, 3.05) is 13.1 Å². The number of nitrogens with one attached hydrogen (secondary N) is 1. The molecule has 0 aromatic heterocycles. The average molecular weight is 359 g/mol. The first-order valence-corrected chi connectivity index (χ1v) is 9.10. The van der Waals surface area contributed by atoms with E-state index in [0.717, 1.165) is 48.4 Å². The van der Waals surface area contributed by atoms with Gasteiger partial charge in [0.05, 0.1) is 6.04 Å². The highest BCUT2D eigenvalue weighted by atomic mass is 35.5. The Morgan fingerprint density at radius 1 is 1.20 bits per heavy atom. The Balaban J connectivity index is 1.50. The maximum atomic E-state index is 12.5. The van der Waals surface area contributed by atoms with E-state index < -0.39 is 0 Å². The van der Waals surface area contributed by atoms with Crippen LogP contribution in [0.1, 0.15) is 36.4 Å². The summed E-state index contributed by atoms with van der Waals surface area (Å²) in [5, 5.41) is 13.0. The quantitative estimate of drug-likeness (QED) is 0.772. The Morgan fingerprint density at radius 2 is 1.96 bits per heavy atom. The van der Waals surface area contributed by atoms with E-state index in [-0.39, 0.29) is 17.8 Å². The van der Waals surface area contributed by atoms with E-state index in [1.54, 1.807) is 12.1 Å². The lowest BCUT2D eigenvalue weighted by Crippen LogP contribution is -2.40.